The van der Waals surface area contributed by atoms with Crippen molar-refractivity contribution >= 4 is 38.8 Å². The maximum atomic E-state index is 11.9. The first-order valence-corrected chi connectivity index (χ1v) is 9.38. The number of nitrogens with zero attached hydrogens (tertiary/aromatic N) is 2. The van der Waals surface area contributed by atoms with Gasteiger partial charge in [0.05, 0.1) is 16.5 Å². The van der Waals surface area contributed by atoms with Crippen LogP contribution in [0.3, 0.4) is 0 Å². The van der Waals surface area contributed by atoms with Crippen molar-refractivity contribution in [2.75, 3.05) is 17.8 Å². The molecule has 0 unspecified atom stereocenters. The van der Waals surface area contributed by atoms with E-state index in [0.29, 0.717) is 27.9 Å². The average Bonchev–Trinajstić information content (AvgIpc) is 2.34. The normalized spacial score (nSPS) is 11.9. The fourth-order valence-electron chi connectivity index (χ4n) is 1.59. The van der Waals surface area contributed by atoms with Crippen LogP contribution in [-0.4, -0.2) is 35.6 Å². The van der Waals surface area contributed by atoms with Gasteiger partial charge in [-0.3, -0.25) is 9.20 Å². The molecule has 8 heteroatoms. The van der Waals surface area contributed by atoms with Crippen molar-refractivity contribution in [3.63, 3.8) is 0 Å². The van der Waals surface area contributed by atoms with Crippen LogP contribution < -0.4 is 5.56 Å². The van der Waals surface area contributed by atoms with Crippen molar-refractivity contribution in [2.45, 2.75) is 5.75 Å². The molecule has 0 spiro atoms. The molecule has 0 saturated carbocycles. The quantitative estimate of drug-likeness (QED) is 0.778. The number of halogens is 1. The van der Waals surface area contributed by atoms with Gasteiger partial charge < -0.3 is 0 Å². The Bertz CT molecular complexity index is 787. The van der Waals surface area contributed by atoms with E-state index in [0.717, 1.165) is 0 Å². The highest BCUT2D eigenvalue weighted by Gasteiger charge is 2.05. The van der Waals surface area contributed by atoms with Gasteiger partial charge in [-0.15, -0.1) is 0 Å². The zero-order valence-corrected chi connectivity index (χ0v) is 13.1. The molecule has 2 aromatic rings. The van der Waals surface area contributed by atoms with Crippen molar-refractivity contribution in [2.24, 2.45) is 0 Å². The molecule has 108 valence electrons. The first-order valence-electron chi connectivity index (χ1n) is 5.78. The van der Waals surface area contributed by atoms with Crippen LogP contribution in [0.15, 0.2) is 29.2 Å². The minimum absolute atomic E-state index is 0.125. The summed E-state index contributed by atoms with van der Waals surface area (Å²) in [6, 6.07) is 4.79. The number of sulfone groups is 1. The molecule has 2 rings (SSSR count). The highest BCUT2D eigenvalue weighted by molar-refractivity contribution is 7.99. The van der Waals surface area contributed by atoms with Crippen LogP contribution in [-0.2, 0) is 15.6 Å². The molecule has 0 atom stereocenters. The van der Waals surface area contributed by atoms with Gasteiger partial charge >= 0.3 is 0 Å². The van der Waals surface area contributed by atoms with E-state index in [2.05, 4.69) is 4.98 Å². The minimum atomic E-state index is -2.95. The molecule has 0 N–H and O–H groups in total. The van der Waals surface area contributed by atoms with Crippen molar-refractivity contribution in [3.8, 4) is 0 Å². The van der Waals surface area contributed by atoms with Crippen molar-refractivity contribution in [3.05, 3.63) is 45.5 Å². The number of rotatable bonds is 5. The molecule has 0 bridgehead atoms. The zero-order chi connectivity index (χ0) is 14.8. The van der Waals surface area contributed by atoms with E-state index in [9.17, 15) is 13.2 Å². The summed E-state index contributed by atoms with van der Waals surface area (Å²) in [6.07, 6.45) is 2.73. The third-order valence-electron chi connectivity index (χ3n) is 2.52. The van der Waals surface area contributed by atoms with E-state index in [1.54, 1.807) is 12.1 Å². The summed E-state index contributed by atoms with van der Waals surface area (Å²) in [5.41, 5.74) is 0.965. The van der Waals surface area contributed by atoms with E-state index >= 15 is 0 Å². The molecular weight excluding hydrogens is 320 g/mol. The lowest BCUT2D eigenvalue weighted by Crippen LogP contribution is -2.15. The zero-order valence-electron chi connectivity index (χ0n) is 10.7. The predicted molar refractivity (Wildman–Crippen MR) is 82.3 cm³/mol. The molecule has 0 saturated heterocycles. The number of fused-ring (bicyclic) bond motifs is 1. The largest absolute Gasteiger partial charge is 0.269 e. The smallest absolute Gasteiger partial charge is 0.258 e. The number of hydrogen-bond acceptors (Lipinski definition) is 5. The van der Waals surface area contributed by atoms with E-state index in [1.165, 1.54) is 34.7 Å². The second-order valence-electron chi connectivity index (χ2n) is 4.34. The molecule has 0 aromatic carbocycles. The summed E-state index contributed by atoms with van der Waals surface area (Å²) in [5, 5.41) is 0.469. The van der Waals surface area contributed by atoms with Gasteiger partial charge in [-0.25, -0.2) is 13.4 Å². The lowest BCUT2D eigenvalue weighted by molar-refractivity contribution is 0.603. The molecule has 0 aliphatic heterocycles. The maximum Gasteiger partial charge on any atom is 0.258 e. The minimum Gasteiger partial charge on any atom is -0.269 e. The highest BCUT2D eigenvalue weighted by Crippen LogP contribution is 2.12. The topological polar surface area (TPSA) is 68.5 Å². The number of pyridine rings is 1. The van der Waals surface area contributed by atoms with Crippen molar-refractivity contribution in [1.29, 1.82) is 0 Å². The van der Waals surface area contributed by atoms with Crippen molar-refractivity contribution in [1.82, 2.24) is 9.38 Å². The molecule has 2 heterocycles. The van der Waals surface area contributed by atoms with E-state index < -0.39 is 9.84 Å². The fraction of sp³-hybridized carbons (Fsp3) is 0.333. The van der Waals surface area contributed by atoms with Crippen LogP contribution in [0, 0.1) is 0 Å². The molecule has 5 nitrogen and oxygen atoms in total. The van der Waals surface area contributed by atoms with Crippen LogP contribution in [0.2, 0.25) is 5.02 Å². The van der Waals surface area contributed by atoms with Gasteiger partial charge in [0.1, 0.15) is 15.5 Å². The first-order chi connectivity index (χ1) is 9.35. The first kappa shape index (κ1) is 15.3. The third kappa shape index (κ3) is 4.22. The van der Waals surface area contributed by atoms with Crippen LogP contribution in [0.25, 0.3) is 5.65 Å². The van der Waals surface area contributed by atoms with Gasteiger partial charge in [-0.05, 0) is 12.1 Å². The molecular formula is C12H13ClN2O3S2. The molecule has 20 heavy (non-hydrogen) atoms. The number of aromatic nitrogens is 2. The Morgan fingerprint density at radius 1 is 1.40 bits per heavy atom. The van der Waals surface area contributed by atoms with Crippen LogP contribution >= 0.6 is 23.4 Å². The predicted octanol–water partition coefficient (Wildman–Crippen LogP) is 1.63. The van der Waals surface area contributed by atoms with Gasteiger partial charge in [0.15, 0.2) is 0 Å². The van der Waals surface area contributed by atoms with Crippen LogP contribution in [0.4, 0.5) is 0 Å². The molecule has 0 radical (unpaired) electrons. The molecule has 0 aliphatic rings. The van der Waals surface area contributed by atoms with Gasteiger partial charge in [0.2, 0.25) is 0 Å². The Morgan fingerprint density at radius 2 is 2.15 bits per heavy atom. The van der Waals surface area contributed by atoms with Gasteiger partial charge in [0, 0.05) is 30.0 Å². The maximum absolute atomic E-state index is 11.9. The fourth-order valence-corrected chi connectivity index (χ4v) is 3.93. The highest BCUT2D eigenvalue weighted by atomic mass is 35.5. The Hall–Kier alpha value is -1.05. The SMILES string of the molecule is CS(=O)(=O)CCSCc1cc(=O)n2cc(Cl)ccc2n1. The van der Waals surface area contributed by atoms with Crippen LogP contribution in [0.5, 0.6) is 0 Å². The molecule has 0 fully saturated rings. The Morgan fingerprint density at radius 3 is 2.85 bits per heavy atom. The van der Waals surface area contributed by atoms with Crippen molar-refractivity contribution < 1.29 is 8.42 Å². The average molecular weight is 333 g/mol. The van der Waals surface area contributed by atoms with E-state index in [-0.39, 0.29) is 11.3 Å². The second kappa shape index (κ2) is 6.15. The number of thioether (sulfide) groups is 1. The summed E-state index contributed by atoms with van der Waals surface area (Å²) in [6.45, 7) is 0. The molecule has 2 aromatic heterocycles. The second-order valence-corrected chi connectivity index (χ2v) is 8.15. The summed E-state index contributed by atoms with van der Waals surface area (Å²) >= 11 is 7.26. The van der Waals surface area contributed by atoms with Gasteiger partial charge in [-0.2, -0.15) is 11.8 Å². The monoisotopic (exact) mass is 332 g/mol. The van der Waals surface area contributed by atoms with Gasteiger partial charge in [-0.1, -0.05) is 11.6 Å². The summed E-state index contributed by atoms with van der Waals surface area (Å²) in [4.78, 5) is 16.2. The third-order valence-corrected chi connectivity index (χ3v) is 4.95. The van der Waals surface area contributed by atoms with E-state index in [4.69, 9.17) is 11.6 Å². The molecule has 0 aliphatic carbocycles. The van der Waals surface area contributed by atoms with Gasteiger partial charge in [0.25, 0.3) is 5.56 Å². The summed E-state index contributed by atoms with van der Waals surface area (Å²) in [7, 11) is -2.95. The Labute approximate surface area is 125 Å². The Balaban J connectivity index is 2.12. The number of hydrogen-bond donors (Lipinski definition) is 0. The lowest BCUT2D eigenvalue weighted by atomic mass is 10.4. The standard InChI is InChI=1S/C12H13ClN2O3S2/c1-20(17,18)5-4-19-8-10-6-12(16)15-7-9(13)2-3-11(15)14-10/h2-3,6-7H,4-5,8H2,1H3. The lowest BCUT2D eigenvalue weighted by Gasteiger charge is -2.04. The van der Waals surface area contributed by atoms with E-state index in [1.807, 2.05) is 0 Å². The molecule has 0 amide bonds. The summed E-state index contributed by atoms with van der Waals surface area (Å²) in [5.74, 6) is 1.12. The summed E-state index contributed by atoms with van der Waals surface area (Å²) < 4.78 is 23.4. The van der Waals surface area contributed by atoms with Crippen LogP contribution in [0.1, 0.15) is 5.69 Å². The Kier molecular flexibility index (Phi) is 4.72.